The number of thiophene rings is 1. The zero-order valence-corrected chi connectivity index (χ0v) is 15.6. The summed E-state index contributed by atoms with van der Waals surface area (Å²) in [7, 11) is 0. The first-order valence-corrected chi connectivity index (χ1v) is 9.88. The lowest BCUT2D eigenvalue weighted by molar-refractivity contribution is -0.120. The molecule has 2 N–H and O–H groups in total. The van der Waals surface area contributed by atoms with Crippen LogP contribution in [0.2, 0.25) is 0 Å². The van der Waals surface area contributed by atoms with Gasteiger partial charge in [-0.2, -0.15) is 0 Å². The number of carbonyl (C=O) groups is 1. The number of rotatable bonds is 8. The van der Waals surface area contributed by atoms with Gasteiger partial charge in [0, 0.05) is 17.8 Å². The van der Waals surface area contributed by atoms with Gasteiger partial charge in [0.2, 0.25) is 11.1 Å². The van der Waals surface area contributed by atoms with E-state index in [0.717, 1.165) is 18.7 Å². The van der Waals surface area contributed by atoms with Crippen molar-refractivity contribution in [3.8, 4) is 0 Å². The molecule has 25 heavy (non-hydrogen) atoms. The largest absolute Gasteiger partial charge is 0.355 e. The first-order valence-electron chi connectivity index (χ1n) is 8.12. The van der Waals surface area contributed by atoms with Crippen molar-refractivity contribution in [1.29, 1.82) is 0 Å². The average Bonchev–Trinajstić information content (AvgIpc) is 3.28. The van der Waals surface area contributed by atoms with Crippen molar-refractivity contribution in [2.75, 3.05) is 6.54 Å². The van der Waals surface area contributed by atoms with E-state index in [2.05, 4.69) is 38.7 Å². The van der Waals surface area contributed by atoms with E-state index < -0.39 is 0 Å². The minimum atomic E-state index is -0.235. The first kappa shape index (κ1) is 17.7. The highest BCUT2D eigenvalue weighted by atomic mass is 32.2. The fourth-order valence-corrected chi connectivity index (χ4v) is 3.79. The summed E-state index contributed by atoms with van der Waals surface area (Å²) in [6.45, 7) is 2.50. The first-order chi connectivity index (χ1) is 12.2. The molecule has 0 aliphatic heterocycles. The monoisotopic (exact) mass is 372 g/mol. The molecular formula is C18H20N4OS2. The number of thioether (sulfide) groups is 1. The maximum Gasteiger partial charge on any atom is 0.233 e. The molecule has 1 unspecified atom stereocenters. The molecule has 0 bridgehead atoms. The van der Waals surface area contributed by atoms with Crippen LogP contribution in [-0.2, 0) is 17.6 Å². The molecule has 1 aromatic carbocycles. The Morgan fingerprint density at radius 1 is 1.28 bits per heavy atom. The topological polar surface area (TPSA) is 70.7 Å². The van der Waals surface area contributed by atoms with Crippen LogP contribution in [0.5, 0.6) is 0 Å². The second-order valence-electron chi connectivity index (χ2n) is 5.61. The molecule has 3 rings (SSSR count). The minimum Gasteiger partial charge on any atom is -0.355 e. The highest BCUT2D eigenvalue weighted by molar-refractivity contribution is 8.00. The molecule has 0 radical (unpaired) electrons. The minimum absolute atomic E-state index is 0.00513. The van der Waals surface area contributed by atoms with Crippen molar-refractivity contribution in [3.63, 3.8) is 0 Å². The molecule has 1 amide bonds. The Balaban J connectivity index is 1.44. The van der Waals surface area contributed by atoms with Crippen LogP contribution in [0.1, 0.15) is 23.2 Å². The smallest absolute Gasteiger partial charge is 0.233 e. The summed E-state index contributed by atoms with van der Waals surface area (Å²) in [6.07, 6.45) is 1.57. The maximum absolute atomic E-state index is 12.2. The Morgan fingerprint density at radius 2 is 2.12 bits per heavy atom. The lowest BCUT2D eigenvalue weighted by Gasteiger charge is -2.10. The Labute approximate surface area is 155 Å². The number of hydrogen-bond acceptors (Lipinski definition) is 5. The quantitative estimate of drug-likeness (QED) is 0.595. The number of aromatic nitrogens is 3. The molecular weight excluding hydrogens is 352 g/mol. The van der Waals surface area contributed by atoms with Crippen molar-refractivity contribution >= 4 is 29.0 Å². The van der Waals surface area contributed by atoms with Gasteiger partial charge in [0.05, 0.1) is 5.25 Å². The lowest BCUT2D eigenvalue weighted by Crippen LogP contribution is -2.32. The molecule has 7 heteroatoms. The van der Waals surface area contributed by atoms with Gasteiger partial charge in [-0.3, -0.25) is 9.89 Å². The Morgan fingerprint density at radius 3 is 2.88 bits per heavy atom. The van der Waals surface area contributed by atoms with Crippen molar-refractivity contribution in [1.82, 2.24) is 20.5 Å². The van der Waals surface area contributed by atoms with Gasteiger partial charge in [0.15, 0.2) is 0 Å². The van der Waals surface area contributed by atoms with E-state index in [0.29, 0.717) is 11.7 Å². The predicted octanol–water partition coefficient (Wildman–Crippen LogP) is 3.30. The summed E-state index contributed by atoms with van der Waals surface area (Å²) in [5.74, 6) is 0.826. The van der Waals surface area contributed by atoms with Gasteiger partial charge in [-0.25, -0.2) is 4.98 Å². The van der Waals surface area contributed by atoms with Gasteiger partial charge in [0.1, 0.15) is 5.82 Å². The number of nitrogens with zero attached hydrogens (tertiary/aromatic N) is 2. The van der Waals surface area contributed by atoms with Crippen molar-refractivity contribution < 1.29 is 4.79 Å². The van der Waals surface area contributed by atoms with E-state index in [-0.39, 0.29) is 11.2 Å². The molecule has 0 fully saturated rings. The Kier molecular flexibility index (Phi) is 6.25. The molecule has 3 aromatic rings. The fraction of sp³-hybridized carbons (Fsp3) is 0.278. The molecule has 0 spiro atoms. The van der Waals surface area contributed by atoms with Crippen LogP contribution in [0, 0.1) is 0 Å². The summed E-state index contributed by atoms with van der Waals surface area (Å²) in [5.41, 5.74) is 1.22. The van der Waals surface area contributed by atoms with E-state index in [1.54, 1.807) is 11.3 Å². The molecule has 0 saturated heterocycles. The number of H-pyrrole nitrogens is 1. The van der Waals surface area contributed by atoms with Gasteiger partial charge in [-0.1, -0.05) is 48.2 Å². The average molecular weight is 373 g/mol. The second kappa shape index (κ2) is 8.82. The van der Waals surface area contributed by atoms with Crippen LogP contribution in [0.3, 0.4) is 0 Å². The third-order valence-electron chi connectivity index (χ3n) is 3.64. The lowest BCUT2D eigenvalue weighted by atomic mass is 10.1. The standard InChI is InChI=1S/C18H20N4OS2/c1-13(17(23)19-10-9-14-6-3-2-4-7-14)25-18-20-16(21-22-18)12-15-8-5-11-24-15/h2-8,11,13H,9-10,12H2,1H3,(H,19,23)(H,20,21,22). The fourth-order valence-electron chi connectivity index (χ4n) is 2.32. The van der Waals surface area contributed by atoms with Crippen LogP contribution < -0.4 is 5.32 Å². The third kappa shape index (κ3) is 5.44. The van der Waals surface area contributed by atoms with E-state index in [9.17, 15) is 4.79 Å². The zero-order chi connectivity index (χ0) is 17.5. The zero-order valence-electron chi connectivity index (χ0n) is 13.9. The van der Waals surface area contributed by atoms with Crippen LogP contribution in [0.15, 0.2) is 53.0 Å². The Hall–Kier alpha value is -2.12. The molecule has 0 aliphatic rings. The van der Waals surface area contributed by atoms with Gasteiger partial charge in [0.25, 0.3) is 0 Å². The van der Waals surface area contributed by atoms with Gasteiger partial charge >= 0.3 is 0 Å². The summed E-state index contributed by atoms with van der Waals surface area (Å²) >= 11 is 3.06. The summed E-state index contributed by atoms with van der Waals surface area (Å²) in [6, 6.07) is 14.2. The van der Waals surface area contributed by atoms with Crippen LogP contribution in [-0.4, -0.2) is 32.9 Å². The van der Waals surface area contributed by atoms with Gasteiger partial charge in [-0.15, -0.1) is 16.4 Å². The second-order valence-corrected chi connectivity index (χ2v) is 7.95. The van der Waals surface area contributed by atoms with Crippen molar-refractivity contribution in [2.45, 2.75) is 30.2 Å². The molecule has 2 aromatic heterocycles. The van der Waals surface area contributed by atoms with Gasteiger partial charge < -0.3 is 5.32 Å². The number of carbonyl (C=O) groups excluding carboxylic acids is 1. The summed E-state index contributed by atoms with van der Waals surface area (Å²) < 4.78 is 0. The molecule has 130 valence electrons. The molecule has 0 aliphatic carbocycles. The highest BCUT2D eigenvalue weighted by Crippen LogP contribution is 2.20. The predicted molar refractivity (Wildman–Crippen MR) is 102 cm³/mol. The van der Waals surface area contributed by atoms with Crippen molar-refractivity contribution in [3.05, 3.63) is 64.1 Å². The van der Waals surface area contributed by atoms with Crippen LogP contribution >= 0.6 is 23.1 Å². The Bertz CT molecular complexity index is 787. The van der Waals surface area contributed by atoms with Crippen LogP contribution in [0.25, 0.3) is 0 Å². The van der Waals surface area contributed by atoms with E-state index in [4.69, 9.17) is 0 Å². The summed E-state index contributed by atoms with van der Waals surface area (Å²) in [4.78, 5) is 17.9. The SMILES string of the molecule is CC(Sc1n[nH]c(Cc2cccs2)n1)C(=O)NCCc1ccccc1. The van der Waals surface area contributed by atoms with E-state index in [1.165, 1.54) is 22.2 Å². The molecule has 2 heterocycles. The number of amides is 1. The number of nitrogens with one attached hydrogen (secondary N) is 2. The number of aromatic amines is 1. The molecule has 1 atom stereocenters. The number of benzene rings is 1. The van der Waals surface area contributed by atoms with E-state index >= 15 is 0 Å². The number of hydrogen-bond donors (Lipinski definition) is 2. The molecule has 0 saturated carbocycles. The molecule has 5 nitrogen and oxygen atoms in total. The van der Waals surface area contributed by atoms with E-state index in [1.807, 2.05) is 36.6 Å². The maximum atomic E-state index is 12.2. The highest BCUT2D eigenvalue weighted by Gasteiger charge is 2.16. The van der Waals surface area contributed by atoms with Gasteiger partial charge in [-0.05, 0) is 30.4 Å². The normalized spacial score (nSPS) is 12.0. The van der Waals surface area contributed by atoms with Crippen molar-refractivity contribution in [2.24, 2.45) is 0 Å². The van der Waals surface area contributed by atoms with Crippen LogP contribution in [0.4, 0.5) is 0 Å². The summed E-state index contributed by atoms with van der Waals surface area (Å²) in [5, 5.41) is 12.5. The third-order valence-corrected chi connectivity index (χ3v) is 5.48.